The predicted octanol–water partition coefficient (Wildman–Crippen LogP) is 0.777. The molecule has 0 saturated carbocycles. The first-order valence-electron chi connectivity index (χ1n) is 3.18. The van der Waals surface area contributed by atoms with Crippen LogP contribution in [0, 0.1) is 6.92 Å². The average molecular weight is 207 g/mol. The van der Waals surface area contributed by atoms with Gasteiger partial charge in [0.15, 0.2) is 0 Å². The zero-order valence-electron chi connectivity index (χ0n) is 6.48. The van der Waals surface area contributed by atoms with Gasteiger partial charge in [-0.2, -0.15) is 8.42 Å². The lowest BCUT2D eigenvalue weighted by Gasteiger charge is -1.96. The maximum atomic E-state index is 10.4. The van der Waals surface area contributed by atoms with E-state index in [2.05, 4.69) is 9.32 Å². The van der Waals surface area contributed by atoms with Crippen molar-refractivity contribution < 1.29 is 12.6 Å². The Hall–Kier alpha value is -0.430. The van der Waals surface area contributed by atoms with Gasteiger partial charge in [0.05, 0.1) is 0 Å². The number of hydrogen-bond donors (Lipinski definition) is 1. The van der Waals surface area contributed by atoms with Crippen LogP contribution in [0.5, 0.6) is 0 Å². The molecule has 0 aliphatic heterocycles. The summed E-state index contributed by atoms with van der Waals surface area (Å²) in [5.74, 6) is 0. The van der Waals surface area contributed by atoms with Gasteiger partial charge in [0.1, 0.15) is 6.61 Å². The van der Waals surface area contributed by atoms with E-state index in [0.29, 0.717) is 0 Å². The molecule has 0 atom stereocenters. The van der Waals surface area contributed by atoms with Crippen LogP contribution in [0.4, 0.5) is 0 Å². The van der Waals surface area contributed by atoms with Crippen LogP contribution in [-0.4, -0.2) is 8.42 Å². The van der Waals surface area contributed by atoms with Crippen molar-refractivity contribution in [3.8, 4) is 0 Å². The molecule has 68 valence electrons. The minimum Gasteiger partial charge on any atom is -0.253 e. The summed E-state index contributed by atoms with van der Waals surface area (Å²) in [5.41, 5.74) is 1.09. The Morgan fingerprint density at radius 2 is 2.33 bits per heavy atom. The van der Waals surface area contributed by atoms with Crippen molar-refractivity contribution >= 4 is 21.6 Å². The van der Waals surface area contributed by atoms with Gasteiger partial charge in [-0.25, -0.2) is 5.14 Å². The molecular weight excluding hydrogens is 198 g/mol. The summed E-state index contributed by atoms with van der Waals surface area (Å²) in [4.78, 5) is 0.849. The molecule has 4 nitrogen and oxygen atoms in total. The monoisotopic (exact) mass is 207 g/mol. The number of nitrogens with two attached hydrogens (primary N) is 1. The molecule has 0 bridgehead atoms. The molecule has 0 aliphatic carbocycles. The van der Waals surface area contributed by atoms with Crippen molar-refractivity contribution in [2.45, 2.75) is 13.5 Å². The maximum Gasteiger partial charge on any atom is 0.333 e. The molecule has 0 unspecified atom stereocenters. The van der Waals surface area contributed by atoms with Crippen LogP contribution >= 0.6 is 11.3 Å². The van der Waals surface area contributed by atoms with Crippen molar-refractivity contribution in [1.29, 1.82) is 0 Å². The van der Waals surface area contributed by atoms with Gasteiger partial charge in [-0.05, 0) is 23.9 Å². The van der Waals surface area contributed by atoms with E-state index < -0.39 is 10.3 Å². The number of aryl methyl sites for hydroxylation is 1. The van der Waals surface area contributed by atoms with Gasteiger partial charge < -0.3 is 0 Å². The van der Waals surface area contributed by atoms with Crippen LogP contribution < -0.4 is 5.14 Å². The second-order valence-corrected chi connectivity index (χ2v) is 4.56. The largest absolute Gasteiger partial charge is 0.333 e. The van der Waals surface area contributed by atoms with E-state index in [0.717, 1.165) is 10.4 Å². The lowest BCUT2D eigenvalue weighted by molar-refractivity contribution is 0.312. The highest BCUT2D eigenvalue weighted by atomic mass is 32.2. The first-order valence-corrected chi connectivity index (χ1v) is 5.53. The summed E-state index contributed by atoms with van der Waals surface area (Å²) in [5, 5.41) is 6.56. The summed E-state index contributed by atoms with van der Waals surface area (Å²) in [7, 11) is -3.81. The summed E-state index contributed by atoms with van der Waals surface area (Å²) >= 11 is 1.45. The van der Waals surface area contributed by atoms with Crippen molar-refractivity contribution in [2.24, 2.45) is 5.14 Å². The SMILES string of the molecule is Cc1csc(COS(N)(=O)=O)c1. The van der Waals surface area contributed by atoms with Crippen LogP contribution in [0.15, 0.2) is 11.4 Å². The third kappa shape index (κ3) is 3.31. The molecule has 6 heteroatoms. The quantitative estimate of drug-likeness (QED) is 0.796. The van der Waals surface area contributed by atoms with Crippen LogP contribution in [-0.2, 0) is 21.1 Å². The molecule has 2 N–H and O–H groups in total. The van der Waals surface area contributed by atoms with E-state index in [1.54, 1.807) is 0 Å². The van der Waals surface area contributed by atoms with Crippen LogP contribution in [0.2, 0.25) is 0 Å². The van der Waals surface area contributed by atoms with E-state index in [1.165, 1.54) is 11.3 Å². The molecule has 0 spiro atoms. The van der Waals surface area contributed by atoms with Gasteiger partial charge in [-0.1, -0.05) is 0 Å². The van der Waals surface area contributed by atoms with E-state index >= 15 is 0 Å². The molecule has 1 aromatic heterocycles. The molecule has 0 radical (unpaired) electrons. The second-order valence-electron chi connectivity index (χ2n) is 2.35. The normalized spacial score (nSPS) is 11.8. The van der Waals surface area contributed by atoms with Crippen molar-refractivity contribution in [2.75, 3.05) is 0 Å². The number of rotatable bonds is 3. The molecule has 1 heterocycles. The third-order valence-corrected chi connectivity index (χ3v) is 2.62. The minimum atomic E-state index is -3.81. The Bertz CT molecular complexity index is 355. The van der Waals surface area contributed by atoms with Crippen molar-refractivity contribution in [3.63, 3.8) is 0 Å². The van der Waals surface area contributed by atoms with Gasteiger partial charge >= 0.3 is 10.3 Å². The van der Waals surface area contributed by atoms with Gasteiger partial charge in [0, 0.05) is 4.88 Å². The lowest BCUT2D eigenvalue weighted by Crippen LogP contribution is -2.15. The van der Waals surface area contributed by atoms with E-state index in [9.17, 15) is 8.42 Å². The zero-order valence-corrected chi connectivity index (χ0v) is 8.11. The summed E-state index contributed by atoms with van der Waals surface area (Å²) in [6.07, 6.45) is 0. The molecule has 0 fully saturated rings. The van der Waals surface area contributed by atoms with Crippen LogP contribution in [0.1, 0.15) is 10.4 Å². The molecule has 1 aromatic rings. The lowest BCUT2D eigenvalue weighted by atomic mass is 10.3. The highest BCUT2D eigenvalue weighted by molar-refractivity contribution is 7.84. The fourth-order valence-corrected chi connectivity index (χ4v) is 1.86. The van der Waals surface area contributed by atoms with Crippen LogP contribution in [0.25, 0.3) is 0 Å². The molecule has 1 rings (SSSR count). The fourth-order valence-electron chi connectivity index (χ4n) is 0.707. The van der Waals surface area contributed by atoms with Gasteiger partial charge in [0.2, 0.25) is 0 Å². The van der Waals surface area contributed by atoms with Crippen LogP contribution in [0.3, 0.4) is 0 Å². The molecular formula is C6H9NO3S2. The molecule has 0 aliphatic rings. The van der Waals surface area contributed by atoms with Crippen molar-refractivity contribution in [1.82, 2.24) is 0 Å². The van der Waals surface area contributed by atoms with E-state index in [4.69, 9.17) is 0 Å². The standard InChI is InChI=1S/C6H9NO3S2/c1-5-2-6(11-4-5)3-10-12(7,8)9/h2,4H,3H2,1H3,(H2,7,8,9). The summed E-state index contributed by atoms with van der Waals surface area (Å²) < 4.78 is 25.1. The van der Waals surface area contributed by atoms with Gasteiger partial charge in [-0.3, -0.25) is 4.18 Å². The average Bonchev–Trinajstić information content (AvgIpc) is 2.30. The van der Waals surface area contributed by atoms with Gasteiger partial charge in [-0.15, -0.1) is 11.3 Å². The van der Waals surface area contributed by atoms with E-state index in [-0.39, 0.29) is 6.61 Å². The summed E-state index contributed by atoms with van der Waals surface area (Å²) in [6, 6.07) is 1.86. The minimum absolute atomic E-state index is 0.0251. The molecule has 0 amide bonds. The Morgan fingerprint density at radius 3 is 2.75 bits per heavy atom. The number of thiophene rings is 1. The highest BCUT2D eigenvalue weighted by Crippen LogP contribution is 2.14. The predicted molar refractivity (Wildman–Crippen MR) is 47.0 cm³/mol. The van der Waals surface area contributed by atoms with E-state index in [1.807, 2.05) is 18.4 Å². The highest BCUT2D eigenvalue weighted by Gasteiger charge is 2.03. The Morgan fingerprint density at radius 1 is 1.67 bits per heavy atom. The zero-order chi connectivity index (χ0) is 9.19. The summed E-state index contributed by atoms with van der Waals surface area (Å²) in [6.45, 7) is 1.95. The van der Waals surface area contributed by atoms with Gasteiger partial charge in [0.25, 0.3) is 0 Å². The number of hydrogen-bond acceptors (Lipinski definition) is 4. The first kappa shape index (κ1) is 9.66. The molecule has 12 heavy (non-hydrogen) atoms. The smallest absolute Gasteiger partial charge is 0.253 e. The Balaban J connectivity index is 2.55. The second kappa shape index (κ2) is 3.53. The van der Waals surface area contributed by atoms with Crippen molar-refractivity contribution in [3.05, 3.63) is 21.9 Å². The Labute approximate surface area is 75.2 Å². The third-order valence-electron chi connectivity index (χ3n) is 1.15. The Kier molecular flexibility index (Phi) is 2.84. The fraction of sp³-hybridized carbons (Fsp3) is 0.333. The topological polar surface area (TPSA) is 69.4 Å². The first-order chi connectivity index (χ1) is 5.47. The maximum absolute atomic E-state index is 10.4. The molecule has 0 aromatic carbocycles. The molecule has 0 saturated heterocycles.